The van der Waals surface area contributed by atoms with Gasteiger partial charge in [0.2, 0.25) is 0 Å². The van der Waals surface area contributed by atoms with Crippen molar-refractivity contribution in [3.8, 4) is 0 Å². The molecule has 0 saturated carbocycles. The van der Waals surface area contributed by atoms with Gasteiger partial charge in [-0.3, -0.25) is 14.9 Å². The highest BCUT2D eigenvalue weighted by atomic mass is 16.5. The highest BCUT2D eigenvalue weighted by Gasteiger charge is 2.18. The summed E-state index contributed by atoms with van der Waals surface area (Å²) in [6.45, 7) is 1.74. The summed E-state index contributed by atoms with van der Waals surface area (Å²) in [5.41, 5.74) is 0.226. The number of alkyl carbamates (subject to hydrolysis) is 1. The van der Waals surface area contributed by atoms with E-state index in [4.69, 9.17) is 0 Å². The first-order chi connectivity index (χ1) is 7.65. The van der Waals surface area contributed by atoms with Crippen molar-refractivity contribution in [1.29, 1.82) is 0 Å². The molecule has 16 heavy (non-hydrogen) atoms. The van der Waals surface area contributed by atoms with Crippen molar-refractivity contribution < 1.29 is 19.1 Å². The molecule has 84 valence electrons. The maximum Gasteiger partial charge on any atom is 0.414 e. The third-order valence-corrected chi connectivity index (χ3v) is 1.73. The molecule has 1 aromatic rings. The van der Waals surface area contributed by atoms with Crippen LogP contribution in [0.2, 0.25) is 0 Å². The van der Waals surface area contributed by atoms with Crippen LogP contribution in [0.5, 0.6) is 0 Å². The second kappa shape index (κ2) is 5.65. The van der Waals surface area contributed by atoms with Crippen LogP contribution in [-0.4, -0.2) is 24.4 Å². The number of hydrogen-bond acceptors (Lipinski definition) is 4. The summed E-state index contributed by atoms with van der Waals surface area (Å²) in [7, 11) is 0. The molecule has 0 aliphatic heterocycles. The van der Waals surface area contributed by atoms with Gasteiger partial charge in [-0.25, -0.2) is 4.79 Å². The second-order valence-electron chi connectivity index (χ2n) is 2.87. The topological polar surface area (TPSA) is 72.5 Å². The third kappa shape index (κ3) is 3.20. The zero-order valence-corrected chi connectivity index (χ0v) is 8.73. The number of benzene rings is 1. The highest BCUT2D eigenvalue weighted by Crippen LogP contribution is 1.99. The monoisotopic (exact) mass is 221 g/mol. The molecule has 1 aromatic carbocycles. The summed E-state index contributed by atoms with van der Waals surface area (Å²) in [6.07, 6.45) is -0.920. The van der Waals surface area contributed by atoms with Gasteiger partial charge in [0, 0.05) is 5.56 Å². The number of rotatable bonds is 3. The molecule has 0 fully saturated rings. The van der Waals surface area contributed by atoms with Gasteiger partial charge < -0.3 is 4.74 Å². The number of carbonyl (C=O) groups excluding carboxylic acids is 3. The fraction of sp³-hybridized carbons (Fsp3) is 0.182. The number of ether oxygens (including phenoxy) is 1. The van der Waals surface area contributed by atoms with E-state index in [1.54, 1.807) is 25.1 Å². The zero-order chi connectivity index (χ0) is 12.0. The normalized spacial score (nSPS) is 9.31. The largest absolute Gasteiger partial charge is 0.450 e. The van der Waals surface area contributed by atoms with E-state index < -0.39 is 17.8 Å². The fourth-order valence-electron chi connectivity index (χ4n) is 1.04. The van der Waals surface area contributed by atoms with E-state index in [0.717, 1.165) is 0 Å². The fourth-order valence-corrected chi connectivity index (χ4v) is 1.04. The van der Waals surface area contributed by atoms with Crippen LogP contribution >= 0.6 is 0 Å². The Morgan fingerprint density at radius 1 is 1.19 bits per heavy atom. The average Bonchev–Trinajstić information content (AvgIpc) is 2.29. The minimum absolute atomic E-state index is 0.138. The summed E-state index contributed by atoms with van der Waals surface area (Å²) in [5, 5.41) is 1.83. The molecular weight excluding hydrogens is 210 g/mol. The lowest BCUT2D eigenvalue weighted by molar-refractivity contribution is -0.116. The number of imide groups is 1. The Labute approximate surface area is 92.4 Å². The second-order valence-corrected chi connectivity index (χ2v) is 2.87. The van der Waals surface area contributed by atoms with Gasteiger partial charge in [0.15, 0.2) is 0 Å². The van der Waals surface area contributed by atoms with Crippen LogP contribution in [0.3, 0.4) is 0 Å². The zero-order valence-electron chi connectivity index (χ0n) is 8.73. The van der Waals surface area contributed by atoms with Crippen LogP contribution in [0.1, 0.15) is 17.3 Å². The molecule has 0 bridgehead atoms. The molecule has 0 aromatic heterocycles. The van der Waals surface area contributed by atoms with Crippen LogP contribution < -0.4 is 5.32 Å². The Bertz CT molecular complexity index is 400. The lowest BCUT2D eigenvalue weighted by Gasteiger charge is -2.02. The summed E-state index contributed by atoms with van der Waals surface area (Å²) in [4.78, 5) is 33.6. The quantitative estimate of drug-likeness (QED) is 0.613. The van der Waals surface area contributed by atoms with Gasteiger partial charge in [-0.2, -0.15) is 0 Å². The Morgan fingerprint density at radius 2 is 1.81 bits per heavy atom. The van der Waals surface area contributed by atoms with Crippen molar-refractivity contribution >= 4 is 17.8 Å². The van der Waals surface area contributed by atoms with Crippen molar-refractivity contribution in [1.82, 2.24) is 5.32 Å². The first-order valence-corrected chi connectivity index (χ1v) is 4.72. The summed E-state index contributed by atoms with van der Waals surface area (Å²) in [6, 6.07) is 7.97. The maximum absolute atomic E-state index is 11.5. The number of nitrogens with one attached hydrogen (secondary N) is 1. The van der Waals surface area contributed by atoms with Crippen molar-refractivity contribution in [2.75, 3.05) is 6.61 Å². The Kier molecular flexibility index (Phi) is 4.20. The van der Waals surface area contributed by atoms with E-state index >= 15 is 0 Å². The van der Waals surface area contributed by atoms with Crippen molar-refractivity contribution in [2.45, 2.75) is 6.92 Å². The molecule has 0 aliphatic rings. The van der Waals surface area contributed by atoms with Crippen LogP contribution in [-0.2, 0) is 9.53 Å². The first-order valence-electron chi connectivity index (χ1n) is 4.72. The van der Waals surface area contributed by atoms with Gasteiger partial charge in [0.25, 0.3) is 5.78 Å². The van der Waals surface area contributed by atoms with Crippen LogP contribution in [0.4, 0.5) is 4.79 Å². The molecule has 0 spiro atoms. The minimum atomic E-state index is -0.996. The van der Waals surface area contributed by atoms with E-state index in [0.29, 0.717) is 0 Å². The number of carbonyl (C=O) groups is 3. The van der Waals surface area contributed by atoms with Crippen LogP contribution in [0.15, 0.2) is 30.3 Å². The molecule has 5 heteroatoms. The molecule has 0 atom stereocenters. The molecule has 0 aliphatic carbocycles. The van der Waals surface area contributed by atoms with Gasteiger partial charge in [-0.15, -0.1) is 0 Å². The molecular formula is C11H11NO4. The Hall–Kier alpha value is -2.17. The van der Waals surface area contributed by atoms with E-state index in [-0.39, 0.29) is 12.2 Å². The number of amides is 2. The van der Waals surface area contributed by atoms with Crippen molar-refractivity contribution in [3.05, 3.63) is 35.9 Å². The minimum Gasteiger partial charge on any atom is -0.450 e. The summed E-state index contributed by atoms with van der Waals surface area (Å²) in [5.74, 6) is -1.77. The third-order valence-electron chi connectivity index (χ3n) is 1.73. The van der Waals surface area contributed by atoms with Crippen molar-refractivity contribution in [3.63, 3.8) is 0 Å². The number of ketones is 1. The van der Waals surface area contributed by atoms with Gasteiger partial charge in [-0.1, -0.05) is 30.3 Å². The first kappa shape index (κ1) is 11.9. The highest BCUT2D eigenvalue weighted by molar-refractivity contribution is 6.44. The Balaban J connectivity index is 2.62. The lowest BCUT2D eigenvalue weighted by Crippen LogP contribution is -2.36. The lowest BCUT2D eigenvalue weighted by atomic mass is 10.1. The SMILES string of the molecule is CCOC(=O)NC(=O)C(=O)c1ccccc1. The average molecular weight is 221 g/mol. The maximum atomic E-state index is 11.5. The summed E-state index contributed by atoms with van der Waals surface area (Å²) < 4.78 is 4.48. The smallest absolute Gasteiger partial charge is 0.414 e. The number of Topliss-reactive ketones (excluding diaryl/α,β-unsaturated/α-hetero) is 1. The van der Waals surface area contributed by atoms with E-state index in [1.807, 2.05) is 5.32 Å². The van der Waals surface area contributed by atoms with Crippen LogP contribution in [0, 0.1) is 0 Å². The van der Waals surface area contributed by atoms with Crippen molar-refractivity contribution in [2.24, 2.45) is 0 Å². The predicted octanol–water partition coefficient (Wildman–Crippen LogP) is 1.14. The van der Waals surface area contributed by atoms with E-state index in [2.05, 4.69) is 4.74 Å². The molecule has 0 radical (unpaired) electrons. The van der Waals surface area contributed by atoms with Gasteiger partial charge in [0.05, 0.1) is 6.61 Å². The van der Waals surface area contributed by atoms with E-state index in [9.17, 15) is 14.4 Å². The molecule has 0 heterocycles. The predicted molar refractivity (Wildman–Crippen MR) is 55.9 cm³/mol. The molecule has 0 unspecified atom stereocenters. The standard InChI is InChI=1S/C11H11NO4/c1-2-16-11(15)12-10(14)9(13)8-6-4-3-5-7-8/h3-7H,2H2,1H3,(H,12,14,15). The van der Waals surface area contributed by atoms with Gasteiger partial charge in [0.1, 0.15) is 0 Å². The molecule has 1 N–H and O–H groups in total. The molecule has 1 rings (SSSR count). The molecule has 5 nitrogen and oxygen atoms in total. The van der Waals surface area contributed by atoms with Crippen LogP contribution in [0.25, 0.3) is 0 Å². The number of hydrogen-bond donors (Lipinski definition) is 1. The summed E-state index contributed by atoms with van der Waals surface area (Å²) >= 11 is 0. The van der Waals surface area contributed by atoms with Gasteiger partial charge >= 0.3 is 12.0 Å². The van der Waals surface area contributed by atoms with Gasteiger partial charge in [-0.05, 0) is 6.92 Å². The molecule has 2 amide bonds. The Morgan fingerprint density at radius 3 is 2.38 bits per heavy atom. The van der Waals surface area contributed by atoms with E-state index in [1.165, 1.54) is 12.1 Å². The molecule has 0 saturated heterocycles.